The summed E-state index contributed by atoms with van der Waals surface area (Å²) in [4.78, 5) is 40.4. The molecule has 0 aromatic rings. The average Bonchev–Trinajstić information content (AvgIpc) is 3.10. The Morgan fingerprint density at radius 2 is 1.63 bits per heavy atom. The molecule has 0 aromatic heterocycles. The predicted octanol–water partition coefficient (Wildman–Crippen LogP) is 3.69. The molecule has 0 aromatic carbocycles. The van der Waals surface area contributed by atoms with Crippen LogP contribution >= 0.6 is 0 Å². The predicted molar refractivity (Wildman–Crippen MR) is 130 cm³/mol. The van der Waals surface area contributed by atoms with Crippen LogP contribution in [0.25, 0.3) is 0 Å². The lowest BCUT2D eigenvalue weighted by molar-refractivity contribution is -0.183. The first-order valence-corrected chi connectivity index (χ1v) is 15.5. The number of fused-ring (bicyclic) bond motifs is 3. The van der Waals surface area contributed by atoms with Crippen LogP contribution in [0.15, 0.2) is 11.1 Å². The maximum atomic E-state index is 14.0. The van der Waals surface area contributed by atoms with Gasteiger partial charge in [0.2, 0.25) is 0 Å². The molecule has 2 N–H and O–H groups in total. The molecule has 1 heterocycles. The Kier molecular flexibility index (Phi) is 6.44. The summed E-state index contributed by atoms with van der Waals surface area (Å²) >= 11 is 0. The van der Waals surface area contributed by atoms with Crippen molar-refractivity contribution in [3.63, 3.8) is 0 Å². The molecule has 196 valence electrons. The summed E-state index contributed by atoms with van der Waals surface area (Å²) in [5, 5.41) is 21.9. The first-order chi connectivity index (χ1) is 16.2. The monoisotopic (exact) mass is 508 g/mol. The summed E-state index contributed by atoms with van der Waals surface area (Å²) in [5.74, 6) is -1.65. The van der Waals surface area contributed by atoms with Crippen molar-refractivity contribution in [3.05, 3.63) is 11.1 Å². The van der Waals surface area contributed by atoms with Gasteiger partial charge in [-0.25, -0.2) is 4.79 Å². The summed E-state index contributed by atoms with van der Waals surface area (Å²) in [5.41, 5.74) is -2.44. The van der Waals surface area contributed by atoms with Crippen LogP contribution in [0.3, 0.4) is 0 Å². The van der Waals surface area contributed by atoms with Crippen molar-refractivity contribution in [2.24, 2.45) is 16.7 Å². The molecule has 1 aliphatic heterocycles. The van der Waals surface area contributed by atoms with Crippen molar-refractivity contribution in [2.75, 3.05) is 0 Å². The van der Waals surface area contributed by atoms with Crippen molar-refractivity contribution < 1.29 is 38.5 Å². The molecule has 1 saturated heterocycles. The van der Waals surface area contributed by atoms with E-state index in [1.54, 1.807) is 6.92 Å². The van der Waals surface area contributed by atoms with E-state index in [-0.39, 0.29) is 25.0 Å². The van der Waals surface area contributed by atoms with Crippen molar-refractivity contribution in [3.8, 4) is 0 Å². The Bertz CT molecular complexity index is 960. The number of rotatable bonds is 5. The Morgan fingerprint density at radius 3 is 2.20 bits per heavy atom. The van der Waals surface area contributed by atoms with Gasteiger partial charge in [0.1, 0.15) is 6.10 Å². The zero-order valence-corrected chi connectivity index (χ0v) is 23.0. The summed E-state index contributed by atoms with van der Waals surface area (Å²) in [6.45, 7) is 13.6. The number of Topliss-reactive ketones (excluding diaryl/α,β-unsaturated/α-hetero) is 2. The Balaban J connectivity index is 1.95. The molecule has 4 aliphatic rings. The first kappa shape index (κ1) is 26.5. The molecule has 0 unspecified atom stereocenters. The fourth-order valence-electron chi connectivity index (χ4n) is 7.50. The van der Waals surface area contributed by atoms with Crippen LogP contribution in [0.5, 0.6) is 0 Å². The van der Waals surface area contributed by atoms with Crippen LogP contribution in [0.1, 0.15) is 67.7 Å². The fourth-order valence-corrected chi connectivity index (χ4v) is 10.5. The normalized spacial score (nSPS) is 40.9. The van der Waals surface area contributed by atoms with Crippen LogP contribution in [-0.4, -0.2) is 66.3 Å². The first-order valence-electron chi connectivity index (χ1n) is 12.9. The van der Waals surface area contributed by atoms with Crippen LogP contribution in [0, 0.1) is 16.7 Å². The molecule has 2 bridgehead atoms. The van der Waals surface area contributed by atoms with E-state index in [9.17, 15) is 24.6 Å². The second kappa shape index (κ2) is 8.50. The molecule has 1 spiro atoms. The molecule has 2 saturated carbocycles. The average molecular weight is 509 g/mol. The number of ether oxygens (including phenoxy) is 2. The second-order valence-corrected chi connectivity index (χ2v) is 16.5. The van der Waals surface area contributed by atoms with Crippen LogP contribution in [0.2, 0.25) is 18.1 Å². The smallest absolute Gasteiger partial charge is 0.426 e. The minimum absolute atomic E-state index is 0.00459. The lowest BCUT2D eigenvalue weighted by Gasteiger charge is -2.58. The molecule has 7 atom stereocenters. The number of aliphatic hydroxyl groups excluding tert-OH is 2. The number of aliphatic hydroxyl groups is 2. The van der Waals surface area contributed by atoms with Gasteiger partial charge in [0.25, 0.3) is 0 Å². The van der Waals surface area contributed by atoms with Crippen molar-refractivity contribution in [2.45, 2.75) is 116 Å². The van der Waals surface area contributed by atoms with E-state index < -0.39 is 67.0 Å². The highest BCUT2D eigenvalue weighted by Crippen LogP contribution is 2.62. The number of carbonyl (C=O) groups excluding carboxylic acids is 3. The van der Waals surface area contributed by atoms with E-state index in [4.69, 9.17) is 13.9 Å². The highest BCUT2D eigenvalue weighted by Gasteiger charge is 2.73. The van der Waals surface area contributed by atoms with Gasteiger partial charge >= 0.3 is 6.16 Å². The third kappa shape index (κ3) is 3.52. The number of hydrogen-bond acceptors (Lipinski definition) is 8. The Morgan fingerprint density at radius 1 is 1.03 bits per heavy atom. The number of hydrogen-bond donors (Lipinski definition) is 2. The molecule has 0 radical (unpaired) electrons. The van der Waals surface area contributed by atoms with Gasteiger partial charge in [0, 0.05) is 35.7 Å². The lowest BCUT2D eigenvalue weighted by atomic mass is 9.49. The lowest BCUT2D eigenvalue weighted by Crippen LogP contribution is -2.69. The van der Waals surface area contributed by atoms with E-state index >= 15 is 0 Å². The third-order valence-corrected chi connectivity index (χ3v) is 14.6. The van der Waals surface area contributed by atoms with Gasteiger partial charge in [0.15, 0.2) is 31.6 Å². The van der Waals surface area contributed by atoms with Crippen LogP contribution < -0.4 is 0 Å². The van der Waals surface area contributed by atoms with Gasteiger partial charge in [0.05, 0.1) is 18.1 Å². The second-order valence-electron chi connectivity index (χ2n) is 11.8. The van der Waals surface area contributed by atoms with Crippen molar-refractivity contribution in [1.29, 1.82) is 0 Å². The van der Waals surface area contributed by atoms with Gasteiger partial charge in [-0.15, -0.1) is 0 Å². The minimum atomic E-state index is -2.19. The van der Waals surface area contributed by atoms with Crippen molar-refractivity contribution >= 4 is 26.0 Å². The topological polar surface area (TPSA) is 119 Å². The number of carbonyl (C=O) groups is 3. The zero-order valence-electron chi connectivity index (χ0n) is 22.0. The minimum Gasteiger partial charge on any atom is -0.426 e. The van der Waals surface area contributed by atoms with Crippen molar-refractivity contribution in [1.82, 2.24) is 0 Å². The summed E-state index contributed by atoms with van der Waals surface area (Å²) in [6.07, 6.45) is -4.74. The molecule has 35 heavy (non-hydrogen) atoms. The molecular weight excluding hydrogens is 468 g/mol. The molecular formula is C26H40O8Si. The third-order valence-electron chi connectivity index (χ3n) is 9.99. The van der Waals surface area contributed by atoms with E-state index in [0.29, 0.717) is 11.1 Å². The van der Waals surface area contributed by atoms with Crippen LogP contribution in [0.4, 0.5) is 4.79 Å². The Hall–Kier alpha value is -1.55. The van der Waals surface area contributed by atoms with E-state index in [2.05, 4.69) is 20.8 Å². The summed E-state index contributed by atoms with van der Waals surface area (Å²) < 4.78 is 18.5. The standard InChI is InChI=1S/C26H40O8Si/c1-8-35(9-2,10-3)34-18-11-15(27)21(30)20-22-26(33-23(31)32-22)13-16(28)14(4)19(24(26,5)6)17(29)12-25(18,20)7/h15-16,18,20,22,27-28H,8-13H2,1-7H3/t15-,16+,18+,20+,22+,25-,26-/m1/s1. The quantitative estimate of drug-likeness (QED) is 0.426. The van der Waals surface area contributed by atoms with E-state index in [1.807, 2.05) is 20.8 Å². The molecule has 9 heteroatoms. The van der Waals surface area contributed by atoms with Crippen LogP contribution in [-0.2, 0) is 23.5 Å². The van der Waals surface area contributed by atoms with E-state index in [0.717, 1.165) is 18.1 Å². The number of ketones is 2. The summed E-state index contributed by atoms with van der Waals surface area (Å²) in [7, 11) is -2.19. The van der Waals surface area contributed by atoms with Gasteiger partial charge in [-0.3, -0.25) is 9.59 Å². The fraction of sp³-hybridized carbons (Fsp3) is 0.808. The highest BCUT2D eigenvalue weighted by atomic mass is 28.4. The maximum absolute atomic E-state index is 14.0. The van der Waals surface area contributed by atoms with Gasteiger partial charge in [-0.1, -0.05) is 41.5 Å². The highest BCUT2D eigenvalue weighted by molar-refractivity contribution is 6.73. The molecule has 4 rings (SSSR count). The zero-order chi connectivity index (χ0) is 26.1. The Labute approximate surface area is 208 Å². The largest absolute Gasteiger partial charge is 0.509 e. The SMILES string of the molecule is CC[Si](CC)(CC)O[C@H]1C[C@@H](O)C(=O)[C@H]2[C@@H]3OC(=O)O[C@]34C[C@H](O)C(C)=C(C(=O)C[C@]12C)C4(C)C. The van der Waals surface area contributed by atoms with Gasteiger partial charge in [-0.2, -0.15) is 0 Å². The molecule has 8 nitrogen and oxygen atoms in total. The van der Waals surface area contributed by atoms with Gasteiger partial charge < -0.3 is 24.1 Å². The van der Waals surface area contributed by atoms with Gasteiger partial charge in [-0.05, 0) is 30.6 Å². The molecule has 3 fully saturated rings. The maximum Gasteiger partial charge on any atom is 0.509 e. The van der Waals surface area contributed by atoms with E-state index in [1.165, 1.54) is 0 Å². The summed E-state index contributed by atoms with van der Waals surface area (Å²) in [6, 6.07) is 2.64. The molecule has 3 aliphatic carbocycles. The molecule has 0 amide bonds.